The van der Waals surface area contributed by atoms with Crippen molar-refractivity contribution in [3.05, 3.63) is 118 Å². The average molecular weight is 668 g/mol. The van der Waals surface area contributed by atoms with Crippen molar-refractivity contribution in [2.24, 2.45) is 4.99 Å². The molecule has 45 heavy (non-hydrogen) atoms. The number of hydrogen-bond acceptors (Lipinski definition) is 8. The van der Waals surface area contributed by atoms with Gasteiger partial charge in [0.25, 0.3) is 5.56 Å². The maximum absolute atomic E-state index is 14.1. The molecule has 3 aromatic carbocycles. The van der Waals surface area contributed by atoms with E-state index in [0.717, 1.165) is 5.56 Å². The van der Waals surface area contributed by atoms with Crippen LogP contribution in [0.25, 0.3) is 6.08 Å². The molecule has 0 amide bonds. The summed E-state index contributed by atoms with van der Waals surface area (Å²) in [5, 5.41) is 0.910. The van der Waals surface area contributed by atoms with Crippen molar-refractivity contribution in [1.82, 2.24) is 4.57 Å². The zero-order valence-corrected chi connectivity index (χ0v) is 27.8. The molecule has 8 nitrogen and oxygen atoms in total. The van der Waals surface area contributed by atoms with Crippen LogP contribution in [-0.4, -0.2) is 30.4 Å². The van der Waals surface area contributed by atoms with Crippen molar-refractivity contribution in [3.63, 3.8) is 0 Å². The van der Waals surface area contributed by atoms with Gasteiger partial charge >= 0.3 is 5.97 Å². The van der Waals surface area contributed by atoms with Gasteiger partial charge < -0.3 is 18.9 Å². The highest BCUT2D eigenvalue weighted by molar-refractivity contribution is 7.07. The van der Waals surface area contributed by atoms with Gasteiger partial charge in [-0.1, -0.05) is 64.9 Å². The summed E-state index contributed by atoms with van der Waals surface area (Å²) in [6.45, 7) is 7.76. The van der Waals surface area contributed by atoms with Crippen molar-refractivity contribution < 1.29 is 23.7 Å². The summed E-state index contributed by atoms with van der Waals surface area (Å²) >= 11 is 13.5. The molecule has 0 saturated carbocycles. The highest BCUT2D eigenvalue weighted by Gasteiger charge is 2.34. The fraction of sp³-hybridized carbons (Fsp3) is 0.265. The molecule has 1 aromatic heterocycles. The Bertz CT molecular complexity index is 1960. The van der Waals surface area contributed by atoms with E-state index in [2.05, 4.69) is 4.99 Å². The molecule has 0 unspecified atom stereocenters. The number of aromatic nitrogens is 1. The Hall–Kier alpha value is -4.05. The molecule has 0 bridgehead atoms. The SMILES string of the molecule is CCOC(=O)C1=C(C)N=c2s/c(=C\c3ccccc3OCc3ccc(Cl)c(Cl)c3)c(=O)n2[C@@H]1c1ccc(OC(C)C)c(OC)c1. The Balaban J connectivity index is 1.60. The van der Waals surface area contributed by atoms with Crippen LogP contribution in [0.1, 0.15) is 50.4 Å². The number of thiazole rings is 1. The zero-order chi connectivity index (χ0) is 32.2. The Morgan fingerprint density at radius 2 is 1.82 bits per heavy atom. The summed E-state index contributed by atoms with van der Waals surface area (Å²) in [5.41, 5.74) is 2.65. The number of benzene rings is 3. The van der Waals surface area contributed by atoms with Crippen LogP contribution in [0.4, 0.5) is 0 Å². The first-order valence-electron chi connectivity index (χ1n) is 14.3. The standard InChI is InChI=1S/C34H32Cl2N2O6S/c1-6-42-33(40)30-20(4)37-34-38(31(30)23-12-14-27(44-19(2)3)28(16-23)41-5)32(39)29(45-34)17-22-9-7-8-10-26(22)43-18-21-11-13-24(35)25(36)15-21/h7-17,19,31H,6,18H2,1-5H3/b29-17-/t31-/m1/s1. The molecule has 2 heterocycles. The van der Waals surface area contributed by atoms with Gasteiger partial charge in [-0.15, -0.1) is 0 Å². The zero-order valence-electron chi connectivity index (χ0n) is 25.4. The van der Waals surface area contributed by atoms with Crippen molar-refractivity contribution in [1.29, 1.82) is 0 Å². The normalized spacial score (nSPS) is 14.7. The second-order valence-electron chi connectivity index (χ2n) is 10.5. The summed E-state index contributed by atoms with van der Waals surface area (Å²) in [7, 11) is 1.55. The number of esters is 1. The van der Waals surface area contributed by atoms with Gasteiger partial charge in [-0.3, -0.25) is 9.36 Å². The minimum Gasteiger partial charge on any atom is -0.493 e. The monoisotopic (exact) mass is 666 g/mol. The largest absolute Gasteiger partial charge is 0.493 e. The van der Waals surface area contributed by atoms with Crippen LogP contribution in [0.2, 0.25) is 10.0 Å². The fourth-order valence-corrected chi connectivity index (χ4v) is 6.33. The van der Waals surface area contributed by atoms with Crippen LogP contribution in [0, 0.1) is 0 Å². The predicted molar refractivity (Wildman–Crippen MR) is 176 cm³/mol. The molecule has 1 aliphatic heterocycles. The molecule has 0 spiro atoms. The van der Waals surface area contributed by atoms with Crippen LogP contribution in [0.15, 0.2) is 81.7 Å². The number of ether oxygens (including phenoxy) is 4. The lowest BCUT2D eigenvalue weighted by Crippen LogP contribution is -2.40. The van der Waals surface area contributed by atoms with Crippen molar-refractivity contribution >= 4 is 46.6 Å². The summed E-state index contributed by atoms with van der Waals surface area (Å²) < 4.78 is 25.0. The van der Waals surface area contributed by atoms with Crippen LogP contribution >= 0.6 is 34.5 Å². The van der Waals surface area contributed by atoms with Crippen molar-refractivity contribution in [2.75, 3.05) is 13.7 Å². The first-order valence-corrected chi connectivity index (χ1v) is 15.9. The van der Waals surface area contributed by atoms with Gasteiger partial charge in [0.2, 0.25) is 0 Å². The van der Waals surface area contributed by atoms with Gasteiger partial charge in [-0.25, -0.2) is 9.79 Å². The number of nitrogens with zero attached hydrogens (tertiary/aromatic N) is 2. The molecular weight excluding hydrogens is 635 g/mol. The van der Waals surface area contributed by atoms with Crippen LogP contribution in [0.3, 0.4) is 0 Å². The lowest BCUT2D eigenvalue weighted by molar-refractivity contribution is -0.139. The number of allylic oxidation sites excluding steroid dienone is 1. The summed E-state index contributed by atoms with van der Waals surface area (Å²) in [4.78, 5) is 32.6. The first kappa shape index (κ1) is 32.3. The predicted octanol–water partition coefficient (Wildman–Crippen LogP) is 6.48. The molecule has 0 fully saturated rings. The number of methoxy groups -OCH3 is 1. The van der Waals surface area contributed by atoms with Crippen LogP contribution < -0.4 is 29.1 Å². The van der Waals surface area contributed by atoms with Gasteiger partial charge in [0.15, 0.2) is 16.3 Å². The Labute approximate surface area is 274 Å². The topological polar surface area (TPSA) is 88.4 Å². The molecule has 234 valence electrons. The molecule has 0 aliphatic carbocycles. The molecule has 1 atom stereocenters. The van der Waals surface area contributed by atoms with E-state index in [1.165, 1.54) is 15.9 Å². The third kappa shape index (κ3) is 6.96. The van der Waals surface area contributed by atoms with Crippen LogP contribution in [-0.2, 0) is 16.1 Å². The van der Waals surface area contributed by atoms with E-state index in [4.69, 9.17) is 42.1 Å². The van der Waals surface area contributed by atoms with Gasteiger partial charge in [0.1, 0.15) is 12.4 Å². The lowest BCUT2D eigenvalue weighted by Gasteiger charge is -2.25. The minimum atomic E-state index is -0.800. The number of rotatable bonds is 10. The van der Waals surface area contributed by atoms with Gasteiger partial charge in [0, 0.05) is 5.56 Å². The molecular formula is C34H32Cl2N2O6S. The van der Waals surface area contributed by atoms with E-state index in [-0.39, 0.29) is 30.5 Å². The third-order valence-electron chi connectivity index (χ3n) is 6.97. The molecule has 5 rings (SSSR count). The molecule has 0 radical (unpaired) electrons. The highest BCUT2D eigenvalue weighted by Crippen LogP contribution is 2.36. The maximum atomic E-state index is 14.1. The average Bonchev–Trinajstić information content (AvgIpc) is 3.31. The molecule has 0 N–H and O–H groups in total. The number of hydrogen-bond donors (Lipinski definition) is 0. The van der Waals surface area contributed by atoms with E-state index < -0.39 is 12.0 Å². The van der Waals surface area contributed by atoms with Gasteiger partial charge in [-0.05, 0) is 75.2 Å². The van der Waals surface area contributed by atoms with E-state index in [9.17, 15) is 9.59 Å². The second kappa shape index (κ2) is 13.9. The highest BCUT2D eigenvalue weighted by atomic mass is 35.5. The molecule has 4 aromatic rings. The quantitative estimate of drug-likeness (QED) is 0.180. The first-order chi connectivity index (χ1) is 21.6. The van der Waals surface area contributed by atoms with E-state index >= 15 is 0 Å². The number of para-hydroxylation sites is 1. The van der Waals surface area contributed by atoms with E-state index in [0.29, 0.717) is 53.5 Å². The van der Waals surface area contributed by atoms with Crippen molar-refractivity contribution in [2.45, 2.75) is 46.4 Å². The van der Waals surface area contributed by atoms with Crippen molar-refractivity contribution in [3.8, 4) is 17.2 Å². The summed E-state index contributed by atoms with van der Waals surface area (Å²) in [6.07, 6.45) is 1.70. The minimum absolute atomic E-state index is 0.0736. The smallest absolute Gasteiger partial charge is 0.338 e. The third-order valence-corrected chi connectivity index (χ3v) is 8.69. The number of carbonyl (C=O) groups excluding carboxylic acids is 1. The van der Waals surface area contributed by atoms with Crippen LogP contribution in [0.5, 0.6) is 17.2 Å². The Morgan fingerprint density at radius 3 is 2.53 bits per heavy atom. The number of fused-ring (bicyclic) bond motifs is 1. The lowest BCUT2D eigenvalue weighted by atomic mass is 9.95. The Morgan fingerprint density at radius 1 is 1.04 bits per heavy atom. The molecule has 11 heteroatoms. The Kier molecular flexibility index (Phi) is 10.0. The molecule has 1 aliphatic rings. The maximum Gasteiger partial charge on any atom is 0.338 e. The van der Waals surface area contributed by atoms with Gasteiger partial charge in [0.05, 0.1) is 51.7 Å². The number of halogens is 2. The summed E-state index contributed by atoms with van der Waals surface area (Å²) in [5.74, 6) is 1.08. The number of carbonyl (C=O) groups is 1. The van der Waals surface area contributed by atoms with Gasteiger partial charge in [-0.2, -0.15) is 0 Å². The molecule has 0 saturated heterocycles. The summed E-state index contributed by atoms with van der Waals surface area (Å²) in [6, 6.07) is 17.3. The van der Waals surface area contributed by atoms with E-state index in [1.54, 1.807) is 51.3 Å². The second-order valence-corrected chi connectivity index (χ2v) is 12.3. The van der Waals surface area contributed by atoms with E-state index in [1.807, 2.05) is 50.2 Å². The fourth-order valence-electron chi connectivity index (χ4n) is 4.98.